The van der Waals surface area contributed by atoms with E-state index in [0.717, 1.165) is 74.4 Å². The highest BCUT2D eigenvalue weighted by Crippen LogP contribution is 2.46. The van der Waals surface area contributed by atoms with Crippen LogP contribution in [0.4, 0.5) is 0 Å². The van der Waals surface area contributed by atoms with Crippen molar-refractivity contribution in [3.05, 3.63) is 140 Å². The van der Waals surface area contributed by atoms with Crippen LogP contribution in [0.15, 0.2) is 123 Å². The second-order valence-electron chi connectivity index (χ2n) is 13.6. The minimum absolute atomic E-state index is 0. The van der Waals surface area contributed by atoms with Crippen molar-refractivity contribution < 1.29 is 0 Å². The van der Waals surface area contributed by atoms with Crippen molar-refractivity contribution in [2.75, 3.05) is 26.2 Å². The number of benzene rings is 3. The number of thiophene rings is 3. The maximum absolute atomic E-state index is 7.74. The first kappa shape index (κ1) is 39.8. The largest absolute Gasteiger partial charge is 0.319 e. The van der Waals surface area contributed by atoms with Crippen molar-refractivity contribution in [3.63, 3.8) is 0 Å². The Bertz CT molecular complexity index is 2740. The Morgan fingerprint density at radius 2 is 0.983 bits per heavy atom. The van der Waals surface area contributed by atoms with Crippen LogP contribution in [0, 0.1) is 0 Å². The molecule has 1 unspecified atom stereocenters. The van der Waals surface area contributed by atoms with Crippen molar-refractivity contribution >= 4 is 124 Å². The second-order valence-corrected chi connectivity index (χ2v) is 19.4. The summed E-state index contributed by atoms with van der Waals surface area (Å²) in [6, 6.07) is 30.7. The second kappa shape index (κ2) is 16.4. The maximum atomic E-state index is 7.74. The van der Waals surface area contributed by atoms with Crippen LogP contribution >= 0.6 is 94.2 Å². The monoisotopic (exact) mass is 1030 g/mol. The van der Waals surface area contributed by atoms with E-state index in [-0.39, 0.29) is 12.4 Å². The quantitative estimate of drug-likeness (QED) is 0.153. The zero-order valence-electron chi connectivity index (χ0n) is 30.3. The van der Waals surface area contributed by atoms with Crippen LogP contribution in [0.1, 0.15) is 23.5 Å². The lowest BCUT2D eigenvalue weighted by Crippen LogP contribution is -2.61. The number of piperazine rings is 1. The number of halogens is 4. The van der Waals surface area contributed by atoms with Crippen molar-refractivity contribution in [2.45, 2.75) is 11.6 Å². The van der Waals surface area contributed by atoms with Crippen molar-refractivity contribution in [1.29, 1.82) is 0 Å². The molecule has 1 atom stereocenters. The van der Waals surface area contributed by atoms with Gasteiger partial charge in [-0.05, 0) is 100 Å². The maximum Gasteiger partial charge on any atom is 0.164 e. The summed E-state index contributed by atoms with van der Waals surface area (Å²) in [7, 11) is 0. The van der Waals surface area contributed by atoms with Crippen LogP contribution in [0.2, 0.25) is 0 Å². The number of fused-ring (bicyclic) bond motifs is 3. The normalized spacial score (nSPS) is 14.3. The van der Waals surface area contributed by atoms with Gasteiger partial charge < -0.3 is 11.1 Å². The van der Waals surface area contributed by atoms with Gasteiger partial charge in [-0.15, -0.1) is 46.4 Å². The van der Waals surface area contributed by atoms with Crippen molar-refractivity contribution in [2.24, 2.45) is 5.73 Å². The molecule has 9 nitrogen and oxygen atoms in total. The lowest BCUT2D eigenvalue weighted by Gasteiger charge is -2.46. The molecule has 0 saturated carbocycles. The summed E-state index contributed by atoms with van der Waals surface area (Å²) in [6.07, 6.45) is 5.44. The van der Waals surface area contributed by atoms with E-state index in [2.05, 4.69) is 143 Å². The standard InChI is InChI=1S/C42H30Br3N9S3.ClH/c43-26-20-48-39(51-35(26)32-17-23-7-1-4-10-29(23)55-32)38(46)42(54-15-13-47-14-16-54,40-49-21-27(44)36(52-40)33-18-24-8-2-5-11-30(24)56-33)41-50-22-28(45)37(53-41)34-19-25-9-3-6-12-31(25)57-34;/h1-12,17-22,38,47H,13-16,46H2;1H. The van der Waals surface area contributed by atoms with Gasteiger partial charge in [0, 0.05) is 58.9 Å². The fourth-order valence-corrected chi connectivity index (χ4v) is 12.3. The minimum Gasteiger partial charge on any atom is -0.319 e. The molecule has 1 fully saturated rings. The molecule has 290 valence electrons. The van der Waals surface area contributed by atoms with Gasteiger partial charge in [0.2, 0.25) is 0 Å². The van der Waals surface area contributed by atoms with Crippen molar-refractivity contribution in [3.8, 4) is 31.7 Å². The summed E-state index contributed by atoms with van der Waals surface area (Å²) in [5.41, 5.74) is 8.71. The fraction of sp³-hybridized carbons (Fsp3) is 0.143. The molecule has 7 heterocycles. The third kappa shape index (κ3) is 7.02. The van der Waals surface area contributed by atoms with Crippen LogP contribution in [0.3, 0.4) is 0 Å². The van der Waals surface area contributed by atoms with E-state index >= 15 is 0 Å². The number of hydrogen-bond donors (Lipinski definition) is 2. The molecule has 1 aliphatic heterocycles. The molecule has 0 bridgehead atoms. The summed E-state index contributed by atoms with van der Waals surface area (Å²) < 4.78 is 5.84. The molecular weight excluding hydrogens is 1000 g/mol. The summed E-state index contributed by atoms with van der Waals surface area (Å²) >= 11 is 16.5. The van der Waals surface area contributed by atoms with Gasteiger partial charge in [-0.1, -0.05) is 54.6 Å². The molecule has 9 aromatic rings. The van der Waals surface area contributed by atoms with E-state index in [1.165, 1.54) is 14.1 Å². The molecule has 3 N–H and O–H groups in total. The topological polar surface area (TPSA) is 119 Å². The number of hydrogen-bond acceptors (Lipinski definition) is 12. The van der Waals surface area contributed by atoms with Gasteiger partial charge in [0.05, 0.1) is 51.2 Å². The average Bonchev–Trinajstić information content (AvgIpc) is 4.00. The Morgan fingerprint density at radius 3 is 1.41 bits per heavy atom. The lowest BCUT2D eigenvalue weighted by atomic mass is 9.84. The van der Waals surface area contributed by atoms with Crippen LogP contribution in [-0.4, -0.2) is 61.0 Å². The highest BCUT2D eigenvalue weighted by Gasteiger charge is 2.53. The van der Waals surface area contributed by atoms with Crippen molar-refractivity contribution in [1.82, 2.24) is 40.1 Å². The molecule has 10 rings (SSSR count). The molecule has 0 aliphatic carbocycles. The molecule has 0 radical (unpaired) electrons. The van der Waals surface area contributed by atoms with Gasteiger partial charge in [-0.25, -0.2) is 29.9 Å². The number of nitrogens with two attached hydrogens (primary N) is 1. The molecule has 0 amide bonds. The average molecular weight is 1030 g/mol. The molecule has 58 heavy (non-hydrogen) atoms. The Labute approximate surface area is 377 Å². The highest BCUT2D eigenvalue weighted by molar-refractivity contribution is 9.11. The van der Waals surface area contributed by atoms with Crippen LogP contribution in [0.25, 0.3) is 62.0 Å². The molecule has 1 saturated heterocycles. The van der Waals surface area contributed by atoms with Crippen LogP contribution in [0.5, 0.6) is 0 Å². The number of rotatable bonds is 8. The zero-order chi connectivity index (χ0) is 38.7. The minimum atomic E-state index is -1.31. The lowest BCUT2D eigenvalue weighted by molar-refractivity contribution is 0.0630. The van der Waals surface area contributed by atoms with Gasteiger partial charge in [0.15, 0.2) is 17.2 Å². The fourth-order valence-electron chi connectivity index (χ4n) is 7.51. The molecule has 1 aliphatic rings. The Kier molecular flexibility index (Phi) is 11.3. The Balaban J connectivity index is 0.00000436. The number of nitrogens with one attached hydrogen (secondary N) is 1. The van der Waals surface area contributed by atoms with E-state index in [4.69, 9.17) is 35.6 Å². The van der Waals surface area contributed by atoms with Crippen LogP contribution in [-0.2, 0) is 5.54 Å². The van der Waals surface area contributed by atoms with E-state index in [1.54, 1.807) is 40.2 Å². The third-order valence-corrected chi connectivity index (χ3v) is 15.4. The zero-order valence-corrected chi connectivity index (χ0v) is 38.3. The predicted octanol–water partition coefficient (Wildman–Crippen LogP) is 11.3. The summed E-state index contributed by atoms with van der Waals surface area (Å²) in [5.74, 6) is 1.35. The first-order chi connectivity index (χ1) is 27.9. The van der Waals surface area contributed by atoms with Gasteiger partial charge in [0.1, 0.15) is 5.82 Å². The van der Waals surface area contributed by atoms with E-state index in [0.29, 0.717) is 30.6 Å². The highest BCUT2D eigenvalue weighted by atomic mass is 79.9. The summed E-state index contributed by atoms with van der Waals surface area (Å²) in [5, 5.41) is 6.98. The SMILES string of the molecule is Cl.NC(c1ncc(Br)c(-c2cc3ccccc3s2)n1)C(c1ncc(Br)c(-c2cc3ccccc3s2)n1)(c1ncc(Br)c(-c2cc3ccccc3s2)n1)N1CCNCC1. The van der Waals surface area contributed by atoms with Gasteiger partial charge in [-0.3, -0.25) is 4.90 Å². The Hall–Kier alpha value is -3.61. The molecule has 0 spiro atoms. The summed E-state index contributed by atoms with van der Waals surface area (Å²) in [6.45, 7) is 2.70. The molecule has 3 aromatic carbocycles. The summed E-state index contributed by atoms with van der Waals surface area (Å²) in [4.78, 5) is 36.7. The molecule has 6 aromatic heterocycles. The van der Waals surface area contributed by atoms with Crippen LogP contribution < -0.4 is 11.1 Å². The van der Waals surface area contributed by atoms with E-state index in [9.17, 15) is 0 Å². The number of nitrogens with zero attached hydrogens (tertiary/aromatic N) is 7. The third-order valence-electron chi connectivity index (χ3n) is 10.3. The molecule has 16 heteroatoms. The van der Waals surface area contributed by atoms with Gasteiger partial charge in [-0.2, -0.15) is 0 Å². The predicted molar refractivity (Wildman–Crippen MR) is 251 cm³/mol. The van der Waals surface area contributed by atoms with E-state index < -0.39 is 11.6 Å². The smallest absolute Gasteiger partial charge is 0.164 e. The van der Waals surface area contributed by atoms with Gasteiger partial charge >= 0.3 is 0 Å². The van der Waals surface area contributed by atoms with E-state index in [1.807, 2.05) is 18.5 Å². The first-order valence-electron chi connectivity index (χ1n) is 18.1. The molecular formula is C42H31Br3ClN9S3. The first-order valence-corrected chi connectivity index (χ1v) is 23.0. The number of aromatic nitrogens is 6. The van der Waals surface area contributed by atoms with Gasteiger partial charge in [0.25, 0.3) is 0 Å². The Morgan fingerprint density at radius 1 is 0.586 bits per heavy atom.